The van der Waals surface area contributed by atoms with Gasteiger partial charge in [0, 0.05) is 0 Å². The number of hydrogen-bond donors (Lipinski definition) is 0. The van der Waals surface area contributed by atoms with Gasteiger partial charge in [-0.2, -0.15) is 0 Å². The van der Waals surface area contributed by atoms with Crippen LogP contribution in [0.4, 0.5) is 0 Å². The molecule has 1 heterocycles. The summed E-state index contributed by atoms with van der Waals surface area (Å²) in [5.74, 6) is -0.378. The zero-order chi connectivity index (χ0) is 12.2. The molecule has 0 aliphatic rings. The van der Waals surface area contributed by atoms with Crippen molar-refractivity contribution in [3.05, 3.63) is 12.4 Å². The number of hydrogen-bond acceptors (Lipinski definition) is 5. The van der Waals surface area contributed by atoms with Crippen LogP contribution in [0.2, 0.25) is 19.6 Å². The maximum Gasteiger partial charge on any atom is 0.337 e. The minimum Gasteiger partial charge on any atom is -0.414 e. The van der Waals surface area contributed by atoms with Crippen LogP contribution in [0.1, 0.15) is 13.3 Å². The molecule has 0 aromatic carbocycles. The molecule has 16 heavy (non-hydrogen) atoms. The molecule has 90 valence electrons. The van der Waals surface area contributed by atoms with Gasteiger partial charge in [0.05, 0.1) is 24.9 Å². The van der Waals surface area contributed by atoms with E-state index in [0.29, 0.717) is 0 Å². The van der Waals surface area contributed by atoms with Crippen molar-refractivity contribution in [2.75, 3.05) is 0 Å². The minimum absolute atomic E-state index is 0.136. The molecule has 0 N–H and O–H groups in total. The van der Waals surface area contributed by atoms with Gasteiger partial charge in [0.2, 0.25) is 0 Å². The Balaban J connectivity index is 2.34. The SMILES string of the molecule is CC(CC(=O)On1ccnn1)O[Si](C)(C)C. The zero-order valence-corrected chi connectivity index (χ0v) is 11.0. The Labute approximate surface area is 95.6 Å². The second kappa shape index (κ2) is 5.22. The van der Waals surface area contributed by atoms with E-state index in [2.05, 4.69) is 30.0 Å². The fraction of sp³-hybridized carbons (Fsp3) is 0.667. The Morgan fingerprint density at radius 2 is 2.19 bits per heavy atom. The largest absolute Gasteiger partial charge is 0.414 e. The molecule has 0 spiro atoms. The average Bonchev–Trinajstić information content (AvgIpc) is 2.51. The predicted molar refractivity (Wildman–Crippen MR) is 60.1 cm³/mol. The van der Waals surface area contributed by atoms with Crippen LogP contribution < -0.4 is 4.84 Å². The topological polar surface area (TPSA) is 66.2 Å². The lowest BCUT2D eigenvalue weighted by Gasteiger charge is -2.22. The monoisotopic (exact) mass is 243 g/mol. The lowest BCUT2D eigenvalue weighted by molar-refractivity contribution is -0.147. The van der Waals surface area contributed by atoms with Gasteiger partial charge in [-0.3, -0.25) is 0 Å². The third-order valence-corrected chi connectivity index (χ3v) is 2.71. The summed E-state index contributed by atoms with van der Waals surface area (Å²) in [7, 11) is -1.61. The van der Waals surface area contributed by atoms with Crippen LogP contribution in [0.5, 0.6) is 0 Å². The maximum absolute atomic E-state index is 11.4. The molecular formula is C9H17N3O3Si. The molecule has 0 saturated heterocycles. The second-order valence-electron chi connectivity index (χ2n) is 4.51. The highest BCUT2D eigenvalue weighted by Crippen LogP contribution is 2.09. The van der Waals surface area contributed by atoms with Crippen LogP contribution in [-0.2, 0) is 9.22 Å². The van der Waals surface area contributed by atoms with Crippen LogP contribution in [0.3, 0.4) is 0 Å². The first-order valence-corrected chi connectivity index (χ1v) is 8.53. The molecule has 1 aromatic heterocycles. The summed E-state index contributed by atoms with van der Waals surface area (Å²) >= 11 is 0. The third-order valence-electron chi connectivity index (χ3n) is 1.60. The van der Waals surface area contributed by atoms with Crippen LogP contribution in [0.15, 0.2) is 12.4 Å². The van der Waals surface area contributed by atoms with Crippen molar-refractivity contribution < 1.29 is 14.1 Å². The van der Waals surface area contributed by atoms with E-state index in [1.54, 1.807) is 0 Å². The number of rotatable bonds is 5. The summed E-state index contributed by atoms with van der Waals surface area (Å²) in [6, 6.07) is 0. The zero-order valence-electron chi connectivity index (χ0n) is 10.0. The molecule has 0 bridgehead atoms. The molecule has 1 atom stereocenters. The molecule has 0 saturated carbocycles. The summed E-state index contributed by atoms with van der Waals surface area (Å²) in [6.07, 6.45) is 2.98. The molecule has 1 unspecified atom stereocenters. The van der Waals surface area contributed by atoms with Crippen molar-refractivity contribution in [1.82, 2.24) is 15.2 Å². The molecular weight excluding hydrogens is 226 g/mol. The van der Waals surface area contributed by atoms with E-state index in [0.717, 1.165) is 4.85 Å². The number of aromatic nitrogens is 3. The Hall–Kier alpha value is -1.21. The quantitative estimate of drug-likeness (QED) is 0.567. The van der Waals surface area contributed by atoms with Crippen molar-refractivity contribution >= 4 is 14.3 Å². The fourth-order valence-electron chi connectivity index (χ4n) is 1.27. The van der Waals surface area contributed by atoms with Crippen molar-refractivity contribution in [3.63, 3.8) is 0 Å². The molecule has 0 aliphatic carbocycles. The van der Waals surface area contributed by atoms with Crippen molar-refractivity contribution in [1.29, 1.82) is 0 Å². The number of carbonyl (C=O) groups excluding carboxylic acids is 1. The molecule has 0 fully saturated rings. The standard InChI is InChI=1S/C9H17N3O3Si/c1-8(15-16(2,3)4)7-9(13)14-12-6-5-10-11-12/h5-6,8H,7H2,1-4H3. The molecule has 0 amide bonds. The first-order chi connectivity index (χ1) is 7.37. The van der Waals surface area contributed by atoms with Crippen LogP contribution >= 0.6 is 0 Å². The third kappa shape index (κ3) is 5.03. The van der Waals surface area contributed by atoms with Gasteiger partial charge in [-0.15, -0.1) is 5.10 Å². The highest BCUT2D eigenvalue weighted by molar-refractivity contribution is 6.69. The van der Waals surface area contributed by atoms with Gasteiger partial charge in [-0.1, -0.05) is 4.85 Å². The molecule has 0 aliphatic heterocycles. The van der Waals surface area contributed by atoms with Crippen LogP contribution in [-0.4, -0.2) is 35.5 Å². The molecule has 1 rings (SSSR count). The number of carbonyl (C=O) groups is 1. The number of nitrogens with zero attached hydrogens (tertiary/aromatic N) is 3. The van der Waals surface area contributed by atoms with E-state index >= 15 is 0 Å². The first kappa shape index (κ1) is 12.9. The summed E-state index contributed by atoms with van der Waals surface area (Å²) < 4.78 is 5.72. The smallest absolute Gasteiger partial charge is 0.337 e. The molecule has 1 aromatic rings. The highest BCUT2D eigenvalue weighted by atomic mass is 28.4. The second-order valence-corrected chi connectivity index (χ2v) is 8.97. The fourth-order valence-corrected chi connectivity index (χ4v) is 2.56. The Morgan fingerprint density at radius 3 is 2.69 bits per heavy atom. The van der Waals surface area contributed by atoms with Gasteiger partial charge in [0.25, 0.3) is 0 Å². The average molecular weight is 243 g/mol. The van der Waals surface area contributed by atoms with Gasteiger partial charge >= 0.3 is 5.97 Å². The van der Waals surface area contributed by atoms with Gasteiger partial charge < -0.3 is 9.26 Å². The van der Waals surface area contributed by atoms with Gasteiger partial charge in [-0.25, -0.2) is 4.79 Å². The van der Waals surface area contributed by atoms with Crippen molar-refractivity contribution in [3.8, 4) is 0 Å². The van der Waals surface area contributed by atoms with Crippen molar-refractivity contribution in [2.45, 2.75) is 39.1 Å². The van der Waals surface area contributed by atoms with Crippen molar-refractivity contribution in [2.24, 2.45) is 0 Å². The normalized spacial score (nSPS) is 13.5. The predicted octanol–water partition coefficient (Wildman–Crippen LogP) is 0.863. The van der Waals surface area contributed by atoms with Gasteiger partial charge in [-0.05, 0) is 31.8 Å². The molecule has 6 nitrogen and oxygen atoms in total. The summed E-state index contributed by atoms with van der Waals surface area (Å²) in [4.78, 5) is 17.3. The summed E-state index contributed by atoms with van der Waals surface area (Å²) in [5, 5.41) is 7.05. The lowest BCUT2D eigenvalue weighted by atomic mass is 10.3. The van der Waals surface area contributed by atoms with E-state index in [4.69, 9.17) is 9.26 Å². The molecule has 7 heteroatoms. The summed E-state index contributed by atoms with van der Waals surface area (Å²) in [5.41, 5.74) is 0. The Morgan fingerprint density at radius 1 is 1.50 bits per heavy atom. The van der Waals surface area contributed by atoms with Crippen LogP contribution in [0.25, 0.3) is 0 Å². The molecule has 0 radical (unpaired) electrons. The van der Waals surface area contributed by atoms with Gasteiger partial charge in [0.1, 0.15) is 0 Å². The maximum atomic E-state index is 11.4. The van der Waals surface area contributed by atoms with E-state index in [1.165, 1.54) is 12.4 Å². The summed E-state index contributed by atoms with van der Waals surface area (Å²) in [6.45, 7) is 8.09. The van der Waals surface area contributed by atoms with Crippen LogP contribution in [0, 0.1) is 0 Å². The van der Waals surface area contributed by atoms with Gasteiger partial charge in [0.15, 0.2) is 8.32 Å². The lowest BCUT2D eigenvalue weighted by Crippen LogP contribution is -2.33. The highest BCUT2D eigenvalue weighted by Gasteiger charge is 2.21. The Bertz CT molecular complexity index is 334. The van der Waals surface area contributed by atoms with E-state index in [9.17, 15) is 4.79 Å². The van der Waals surface area contributed by atoms with E-state index in [1.807, 2.05) is 6.92 Å². The first-order valence-electron chi connectivity index (χ1n) is 5.12. The van der Waals surface area contributed by atoms with E-state index in [-0.39, 0.29) is 18.5 Å². The Kier molecular flexibility index (Phi) is 4.19. The van der Waals surface area contributed by atoms with E-state index < -0.39 is 8.32 Å². The minimum atomic E-state index is -1.61.